The molecule has 0 aromatic rings. The highest BCUT2D eigenvalue weighted by Gasteiger charge is 2.13. The molecule has 0 aromatic heterocycles. The fraction of sp³-hybridized carbons (Fsp3) is 0.700. The van der Waals surface area contributed by atoms with Gasteiger partial charge in [0, 0.05) is 13.2 Å². The minimum atomic E-state index is -0.686. The number of carbonyl (C=O) groups is 1. The highest BCUT2D eigenvalue weighted by atomic mass is 16.8. The molecule has 0 rings (SSSR count). The lowest BCUT2D eigenvalue weighted by atomic mass is 10.6. The zero-order valence-corrected chi connectivity index (χ0v) is 9.56. The molecule has 0 spiro atoms. The molecular formula is C10H18O5. The van der Waals surface area contributed by atoms with Gasteiger partial charge in [-0.1, -0.05) is 6.58 Å². The molecule has 0 bridgehead atoms. The van der Waals surface area contributed by atoms with E-state index in [1.54, 1.807) is 20.8 Å². The molecule has 5 nitrogen and oxygen atoms in total. The van der Waals surface area contributed by atoms with Gasteiger partial charge in [-0.3, -0.25) is 0 Å². The fourth-order valence-electron chi connectivity index (χ4n) is 0.867. The molecule has 88 valence electrons. The second-order valence-corrected chi connectivity index (χ2v) is 2.85. The van der Waals surface area contributed by atoms with Crippen LogP contribution in [0.15, 0.2) is 12.7 Å². The van der Waals surface area contributed by atoms with Crippen molar-refractivity contribution in [2.24, 2.45) is 0 Å². The summed E-state index contributed by atoms with van der Waals surface area (Å²) >= 11 is 0. The van der Waals surface area contributed by atoms with Crippen LogP contribution in [-0.2, 0) is 23.7 Å². The summed E-state index contributed by atoms with van der Waals surface area (Å²) in [5.74, 6) is -0.533. The first-order valence-corrected chi connectivity index (χ1v) is 4.66. The fourth-order valence-corrected chi connectivity index (χ4v) is 0.867. The summed E-state index contributed by atoms with van der Waals surface area (Å²) in [5, 5.41) is 0. The lowest BCUT2D eigenvalue weighted by Gasteiger charge is -2.21. The van der Waals surface area contributed by atoms with Gasteiger partial charge in [0.15, 0.2) is 12.6 Å². The monoisotopic (exact) mass is 218 g/mol. The van der Waals surface area contributed by atoms with Crippen LogP contribution >= 0.6 is 0 Å². The molecule has 0 aliphatic carbocycles. The molecule has 0 fully saturated rings. The summed E-state index contributed by atoms with van der Waals surface area (Å²) in [4.78, 5) is 10.8. The van der Waals surface area contributed by atoms with Gasteiger partial charge < -0.3 is 18.9 Å². The second kappa shape index (κ2) is 7.39. The first kappa shape index (κ1) is 14.1. The van der Waals surface area contributed by atoms with Crippen molar-refractivity contribution in [1.29, 1.82) is 0 Å². The molecule has 0 N–H and O–H groups in total. The summed E-state index contributed by atoms with van der Waals surface area (Å²) in [6.07, 6.45) is -0.507. The Bertz CT molecular complexity index is 204. The standard InChI is InChI=1S/C10H18O5/c1-6-10(11)15-9(4)14-8(3)13-7(2)12-5/h6-9H,1H2,2-5H3. The van der Waals surface area contributed by atoms with Crippen LogP contribution in [0.2, 0.25) is 0 Å². The topological polar surface area (TPSA) is 54.0 Å². The van der Waals surface area contributed by atoms with E-state index < -0.39 is 18.5 Å². The first-order chi connectivity index (χ1) is 6.99. The van der Waals surface area contributed by atoms with Crippen LogP contribution in [0, 0.1) is 0 Å². The van der Waals surface area contributed by atoms with E-state index in [0.717, 1.165) is 6.08 Å². The summed E-state index contributed by atoms with van der Waals surface area (Å²) in [6, 6.07) is 0. The van der Waals surface area contributed by atoms with E-state index in [9.17, 15) is 4.79 Å². The van der Waals surface area contributed by atoms with Crippen molar-refractivity contribution in [2.45, 2.75) is 39.6 Å². The van der Waals surface area contributed by atoms with Crippen molar-refractivity contribution < 1.29 is 23.7 Å². The third kappa shape index (κ3) is 7.07. The lowest BCUT2D eigenvalue weighted by Crippen LogP contribution is -2.27. The van der Waals surface area contributed by atoms with E-state index in [0.29, 0.717) is 0 Å². The Morgan fingerprint density at radius 1 is 1.13 bits per heavy atom. The van der Waals surface area contributed by atoms with Crippen LogP contribution in [0.3, 0.4) is 0 Å². The van der Waals surface area contributed by atoms with Gasteiger partial charge in [0.1, 0.15) is 0 Å². The molecule has 3 atom stereocenters. The number of rotatable bonds is 7. The van der Waals surface area contributed by atoms with Gasteiger partial charge in [0.05, 0.1) is 0 Å². The van der Waals surface area contributed by atoms with Crippen molar-refractivity contribution in [1.82, 2.24) is 0 Å². The Hall–Kier alpha value is -0.910. The van der Waals surface area contributed by atoms with Gasteiger partial charge in [0.25, 0.3) is 0 Å². The predicted molar refractivity (Wildman–Crippen MR) is 53.9 cm³/mol. The van der Waals surface area contributed by atoms with Gasteiger partial charge in [-0.2, -0.15) is 0 Å². The Kier molecular flexibility index (Phi) is 6.94. The molecule has 0 aliphatic heterocycles. The van der Waals surface area contributed by atoms with Crippen molar-refractivity contribution in [3.8, 4) is 0 Å². The highest BCUT2D eigenvalue weighted by molar-refractivity contribution is 5.81. The van der Waals surface area contributed by atoms with E-state index in [4.69, 9.17) is 18.9 Å². The van der Waals surface area contributed by atoms with Gasteiger partial charge in [-0.25, -0.2) is 4.79 Å². The molecule has 15 heavy (non-hydrogen) atoms. The Morgan fingerprint density at radius 2 is 1.67 bits per heavy atom. The predicted octanol–water partition coefficient (Wildman–Crippen LogP) is 1.43. The van der Waals surface area contributed by atoms with Crippen LogP contribution in [0.25, 0.3) is 0 Å². The van der Waals surface area contributed by atoms with Crippen LogP contribution < -0.4 is 0 Å². The zero-order valence-electron chi connectivity index (χ0n) is 9.56. The summed E-state index contributed by atoms with van der Waals surface area (Å²) < 4.78 is 20.1. The van der Waals surface area contributed by atoms with Crippen molar-refractivity contribution >= 4 is 5.97 Å². The van der Waals surface area contributed by atoms with Gasteiger partial charge in [-0.05, 0) is 20.8 Å². The quantitative estimate of drug-likeness (QED) is 0.367. The van der Waals surface area contributed by atoms with E-state index in [-0.39, 0.29) is 6.29 Å². The minimum Gasteiger partial charge on any atom is -0.433 e. The highest BCUT2D eigenvalue weighted by Crippen LogP contribution is 2.05. The van der Waals surface area contributed by atoms with Crippen LogP contribution in [0.5, 0.6) is 0 Å². The van der Waals surface area contributed by atoms with Crippen molar-refractivity contribution in [3.05, 3.63) is 12.7 Å². The molecule has 0 aromatic carbocycles. The summed E-state index contributed by atoms with van der Waals surface area (Å²) in [5.41, 5.74) is 0. The number of methoxy groups -OCH3 is 1. The molecule has 0 saturated carbocycles. The second-order valence-electron chi connectivity index (χ2n) is 2.85. The molecule has 0 amide bonds. The molecule has 5 heteroatoms. The maximum atomic E-state index is 10.8. The first-order valence-electron chi connectivity index (χ1n) is 4.66. The molecule has 0 aliphatic rings. The zero-order chi connectivity index (χ0) is 11.8. The number of hydrogen-bond donors (Lipinski definition) is 0. The Morgan fingerprint density at radius 3 is 2.13 bits per heavy atom. The van der Waals surface area contributed by atoms with Gasteiger partial charge in [0.2, 0.25) is 6.29 Å². The maximum Gasteiger partial charge on any atom is 0.332 e. The SMILES string of the molecule is C=CC(=O)OC(C)OC(C)OC(C)OC. The maximum absolute atomic E-state index is 10.8. The average molecular weight is 218 g/mol. The average Bonchev–Trinajstić information content (AvgIpc) is 2.16. The van der Waals surface area contributed by atoms with Crippen molar-refractivity contribution in [3.63, 3.8) is 0 Å². The Balaban J connectivity index is 3.80. The van der Waals surface area contributed by atoms with Crippen LogP contribution in [0.4, 0.5) is 0 Å². The molecular weight excluding hydrogens is 200 g/mol. The van der Waals surface area contributed by atoms with Gasteiger partial charge >= 0.3 is 5.97 Å². The Labute approximate surface area is 89.9 Å². The third-order valence-electron chi connectivity index (χ3n) is 1.55. The normalized spacial score (nSPS) is 16.5. The van der Waals surface area contributed by atoms with E-state index >= 15 is 0 Å². The molecule has 0 heterocycles. The summed E-state index contributed by atoms with van der Waals surface area (Å²) in [6.45, 7) is 8.29. The van der Waals surface area contributed by atoms with E-state index in [1.807, 2.05) is 0 Å². The number of esters is 1. The molecule has 3 unspecified atom stereocenters. The number of carbonyl (C=O) groups excluding carboxylic acids is 1. The van der Waals surface area contributed by atoms with E-state index in [1.165, 1.54) is 7.11 Å². The molecule has 0 radical (unpaired) electrons. The molecule has 0 saturated heterocycles. The minimum absolute atomic E-state index is 0.373. The van der Waals surface area contributed by atoms with Crippen molar-refractivity contribution in [2.75, 3.05) is 7.11 Å². The third-order valence-corrected chi connectivity index (χ3v) is 1.55. The number of ether oxygens (including phenoxy) is 4. The number of hydrogen-bond acceptors (Lipinski definition) is 5. The largest absolute Gasteiger partial charge is 0.433 e. The van der Waals surface area contributed by atoms with E-state index in [2.05, 4.69) is 6.58 Å². The van der Waals surface area contributed by atoms with Gasteiger partial charge in [-0.15, -0.1) is 0 Å². The summed E-state index contributed by atoms with van der Waals surface area (Å²) in [7, 11) is 1.53. The lowest BCUT2D eigenvalue weighted by molar-refractivity contribution is -0.269. The van der Waals surface area contributed by atoms with Crippen LogP contribution in [0.1, 0.15) is 20.8 Å². The smallest absolute Gasteiger partial charge is 0.332 e. The van der Waals surface area contributed by atoms with Crippen LogP contribution in [-0.4, -0.2) is 31.9 Å².